The highest BCUT2D eigenvalue weighted by Gasteiger charge is 2.29. The van der Waals surface area contributed by atoms with Gasteiger partial charge >= 0.3 is 0 Å². The van der Waals surface area contributed by atoms with Crippen molar-refractivity contribution in [3.8, 4) is 16.9 Å². The van der Waals surface area contributed by atoms with Crippen LogP contribution in [0.2, 0.25) is 10.0 Å². The minimum atomic E-state index is -0.427. The standard InChI is InChI=1S/C18H19Cl2N3O3/c19-12-6-14(26-5-1-4-24)16-15(10-7-21-22-8-10)13-3-2-11(25)9-23(13)18(16)17(12)20/h6-8,11,24-25H,1-5,9H2,(H,21,22). The molecule has 138 valence electrons. The van der Waals surface area contributed by atoms with Gasteiger partial charge in [-0.15, -0.1) is 0 Å². The van der Waals surface area contributed by atoms with Crippen molar-refractivity contribution in [3.05, 3.63) is 34.2 Å². The van der Waals surface area contributed by atoms with Crippen LogP contribution in [0.15, 0.2) is 18.5 Å². The number of fused-ring (bicyclic) bond motifs is 3. The van der Waals surface area contributed by atoms with Crippen LogP contribution in [0.4, 0.5) is 0 Å². The second kappa shape index (κ2) is 7.12. The summed E-state index contributed by atoms with van der Waals surface area (Å²) in [5.74, 6) is 0.621. The zero-order chi connectivity index (χ0) is 18.3. The third-order valence-electron chi connectivity index (χ3n) is 4.75. The summed E-state index contributed by atoms with van der Waals surface area (Å²) in [5, 5.41) is 27.9. The topological polar surface area (TPSA) is 83.3 Å². The van der Waals surface area contributed by atoms with Gasteiger partial charge in [-0.25, -0.2) is 0 Å². The first-order valence-electron chi connectivity index (χ1n) is 8.55. The molecule has 6 nitrogen and oxygen atoms in total. The molecule has 1 aliphatic rings. The number of aliphatic hydroxyl groups excluding tert-OH is 2. The van der Waals surface area contributed by atoms with E-state index in [0.717, 1.165) is 34.1 Å². The maximum absolute atomic E-state index is 10.2. The molecule has 2 aromatic heterocycles. The molecule has 8 heteroatoms. The van der Waals surface area contributed by atoms with Crippen molar-refractivity contribution in [1.29, 1.82) is 0 Å². The van der Waals surface area contributed by atoms with Crippen LogP contribution in [0.25, 0.3) is 22.0 Å². The second-order valence-electron chi connectivity index (χ2n) is 6.43. The van der Waals surface area contributed by atoms with Gasteiger partial charge in [0, 0.05) is 48.7 Å². The molecular formula is C18H19Cl2N3O3. The van der Waals surface area contributed by atoms with Gasteiger partial charge in [-0.2, -0.15) is 5.10 Å². The number of halogens is 2. The van der Waals surface area contributed by atoms with Gasteiger partial charge in [-0.05, 0) is 12.8 Å². The van der Waals surface area contributed by atoms with Gasteiger partial charge in [-0.3, -0.25) is 5.10 Å². The molecule has 3 N–H and O–H groups in total. The highest BCUT2D eigenvalue weighted by molar-refractivity contribution is 6.45. The number of nitrogens with one attached hydrogen (secondary N) is 1. The van der Waals surface area contributed by atoms with Gasteiger partial charge < -0.3 is 19.5 Å². The van der Waals surface area contributed by atoms with Crippen LogP contribution in [0.3, 0.4) is 0 Å². The first kappa shape index (κ1) is 17.7. The summed E-state index contributed by atoms with van der Waals surface area (Å²) in [6.45, 7) is 0.884. The predicted octanol–water partition coefficient (Wildman–Crippen LogP) is 3.41. The van der Waals surface area contributed by atoms with Gasteiger partial charge in [0.05, 0.1) is 39.9 Å². The molecule has 0 saturated carbocycles. The van der Waals surface area contributed by atoms with Crippen LogP contribution in [0, 0.1) is 0 Å². The maximum atomic E-state index is 10.2. The molecule has 3 heterocycles. The Morgan fingerprint density at radius 1 is 1.38 bits per heavy atom. The summed E-state index contributed by atoms with van der Waals surface area (Å²) < 4.78 is 7.97. The molecule has 1 atom stereocenters. The third kappa shape index (κ3) is 2.87. The lowest BCUT2D eigenvalue weighted by Crippen LogP contribution is -2.24. The molecule has 1 aliphatic heterocycles. The van der Waals surface area contributed by atoms with Crippen molar-refractivity contribution in [2.24, 2.45) is 0 Å². The molecule has 4 rings (SSSR count). The van der Waals surface area contributed by atoms with Crippen LogP contribution in [-0.2, 0) is 13.0 Å². The summed E-state index contributed by atoms with van der Waals surface area (Å²) in [4.78, 5) is 0. The van der Waals surface area contributed by atoms with Crippen molar-refractivity contribution in [2.75, 3.05) is 13.2 Å². The average Bonchev–Trinajstić information content (AvgIpc) is 3.24. The normalized spacial score (nSPS) is 16.8. The van der Waals surface area contributed by atoms with E-state index >= 15 is 0 Å². The number of aromatic nitrogens is 3. The largest absolute Gasteiger partial charge is 0.493 e. The fourth-order valence-electron chi connectivity index (χ4n) is 3.63. The maximum Gasteiger partial charge on any atom is 0.130 e. The number of rotatable bonds is 5. The Bertz CT molecular complexity index is 937. The van der Waals surface area contributed by atoms with E-state index < -0.39 is 6.10 Å². The molecule has 3 aromatic rings. The third-order valence-corrected chi connectivity index (χ3v) is 5.52. The molecule has 26 heavy (non-hydrogen) atoms. The van der Waals surface area contributed by atoms with Crippen molar-refractivity contribution >= 4 is 34.1 Å². The summed E-state index contributed by atoms with van der Waals surface area (Å²) in [6.07, 6.45) is 5.10. The lowest BCUT2D eigenvalue weighted by Gasteiger charge is -2.22. The summed E-state index contributed by atoms with van der Waals surface area (Å²) in [7, 11) is 0. The minimum Gasteiger partial charge on any atom is -0.493 e. The Morgan fingerprint density at radius 3 is 2.96 bits per heavy atom. The van der Waals surface area contributed by atoms with E-state index in [0.29, 0.717) is 41.8 Å². The number of aliphatic hydroxyl groups is 2. The first-order valence-corrected chi connectivity index (χ1v) is 9.31. The van der Waals surface area contributed by atoms with E-state index in [2.05, 4.69) is 10.2 Å². The average molecular weight is 396 g/mol. The molecule has 0 radical (unpaired) electrons. The highest BCUT2D eigenvalue weighted by atomic mass is 35.5. The summed E-state index contributed by atoms with van der Waals surface area (Å²) in [6, 6.07) is 1.72. The van der Waals surface area contributed by atoms with Crippen LogP contribution in [-0.4, -0.2) is 44.3 Å². The summed E-state index contributed by atoms with van der Waals surface area (Å²) >= 11 is 12.9. The molecule has 1 unspecified atom stereocenters. The van der Waals surface area contributed by atoms with Crippen molar-refractivity contribution in [2.45, 2.75) is 31.9 Å². The van der Waals surface area contributed by atoms with E-state index in [1.165, 1.54) is 0 Å². The molecular weight excluding hydrogens is 377 g/mol. The van der Waals surface area contributed by atoms with E-state index in [4.69, 9.17) is 33.0 Å². The number of benzene rings is 1. The lowest BCUT2D eigenvalue weighted by atomic mass is 9.99. The molecule has 0 saturated heterocycles. The number of hydrogen-bond acceptors (Lipinski definition) is 4. The molecule has 0 fully saturated rings. The van der Waals surface area contributed by atoms with Gasteiger partial charge in [0.2, 0.25) is 0 Å². The van der Waals surface area contributed by atoms with Gasteiger partial charge in [0.15, 0.2) is 0 Å². The number of ether oxygens (including phenoxy) is 1. The van der Waals surface area contributed by atoms with Crippen molar-refractivity contribution in [3.63, 3.8) is 0 Å². The van der Waals surface area contributed by atoms with Crippen LogP contribution >= 0.6 is 23.2 Å². The van der Waals surface area contributed by atoms with E-state index in [1.807, 2.05) is 10.8 Å². The predicted molar refractivity (Wildman–Crippen MR) is 101 cm³/mol. The number of nitrogens with zero attached hydrogens (tertiary/aromatic N) is 2. The van der Waals surface area contributed by atoms with Crippen molar-refractivity contribution < 1.29 is 14.9 Å². The Balaban J connectivity index is 2.02. The van der Waals surface area contributed by atoms with Gasteiger partial charge in [0.1, 0.15) is 5.75 Å². The molecule has 0 bridgehead atoms. The summed E-state index contributed by atoms with van der Waals surface area (Å²) in [5.41, 5.74) is 3.79. The molecule has 0 spiro atoms. The van der Waals surface area contributed by atoms with Gasteiger partial charge in [-0.1, -0.05) is 23.2 Å². The quantitative estimate of drug-likeness (QED) is 0.578. The zero-order valence-corrected chi connectivity index (χ0v) is 15.5. The SMILES string of the molecule is OCCCOc1cc(Cl)c(Cl)c2c1c(-c1cn[nH]c1)c1n2CC(O)CC1. The number of hydrogen-bond donors (Lipinski definition) is 3. The molecule has 0 aliphatic carbocycles. The number of aromatic amines is 1. The Morgan fingerprint density at radius 2 is 2.23 bits per heavy atom. The van der Waals surface area contributed by atoms with Gasteiger partial charge in [0.25, 0.3) is 0 Å². The van der Waals surface area contributed by atoms with Crippen molar-refractivity contribution in [1.82, 2.24) is 14.8 Å². The Labute approximate surface area is 160 Å². The Hall–Kier alpha value is -1.73. The lowest BCUT2D eigenvalue weighted by molar-refractivity contribution is 0.133. The van der Waals surface area contributed by atoms with Crippen LogP contribution in [0.1, 0.15) is 18.5 Å². The van der Waals surface area contributed by atoms with E-state index in [-0.39, 0.29) is 6.61 Å². The zero-order valence-electron chi connectivity index (χ0n) is 14.0. The number of H-pyrrole nitrogens is 1. The molecule has 1 aromatic carbocycles. The second-order valence-corrected chi connectivity index (χ2v) is 7.22. The monoisotopic (exact) mass is 395 g/mol. The first-order chi connectivity index (χ1) is 12.6. The Kier molecular flexibility index (Phi) is 4.84. The van der Waals surface area contributed by atoms with Crippen LogP contribution in [0.5, 0.6) is 5.75 Å². The van der Waals surface area contributed by atoms with E-state index in [1.54, 1.807) is 12.3 Å². The fraction of sp³-hybridized carbons (Fsp3) is 0.389. The molecule has 0 amide bonds. The smallest absolute Gasteiger partial charge is 0.130 e. The van der Waals surface area contributed by atoms with E-state index in [9.17, 15) is 5.11 Å². The fourth-order valence-corrected chi connectivity index (χ4v) is 4.06. The minimum absolute atomic E-state index is 0.0531. The van der Waals surface area contributed by atoms with Crippen LogP contribution < -0.4 is 4.74 Å². The highest BCUT2D eigenvalue weighted by Crippen LogP contribution is 2.47.